The number of amides is 1. The maximum absolute atomic E-state index is 12.8. The molecule has 27 heavy (non-hydrogen) atoms. The minimum atomic E-state index is -0.526. The van der Waals surface area contributed by atoms with Gasteiger partial charge in [-0.05, 0) is 61.7 Å². The van der Waals surface area contributed by atoms with Crippen LogP contribution >= 0.6 is 11.3 Å². The van der Waals surface area contributed by atoms with Crippen LogP contribution in [0.1, 0.15) is 18.4 Å². The molecule has 3 N–H and O–H groups in total. The van der Waals surface area contributed by atoms with Crippen molar-refractivity contribution in [1.29, 1.82) is 0 Å². The second-order valence-corrected chi connectivity index (χ2v) is 8.15. The first-order valence-electron chi connectivity index (χ1n) is 9.17. The molecular formula is C21H23N3O2S. The van der Waals surface area contributed by atoms with Gasteiger partial charge in [0.1, 0.15) is 5.01 Å². The first-order valence-corrected chi connectivity index (χ1v) is 9.98. The number of nitrogens with one attached hydrogen (secondary N) is 1. The highest BCUT2D eigenvalue weighted by molar-refractivity contribution is 7.21. The van der Waals surface area contributed by atoms with E-state index in [0.717, 1.165) is 21.8 Å². The lowest BCUT2D eigenvalue weighted by atomic mass is 9.79. The first kappa shape index (κ1) is 18.1. The van der Waals surface area contributed by atoms with Gasteiger partial charge in [0.15, 0.2) is 0 Å². The van der Waals surface area contributed by atoms with Crippen LogP contribution in [0.25, 0.3) is 20.8 Å². The van der Waals surface area contributed by atoms with Gasteiger partial charge in [0, 0.05) is 31.0 Å². The van der Waals surface area contributed by atoms with Crippen LogP contribution in [0.5, 0.6) is 0 Å². The largest absolute Gasteiger partial charge is 0.381 e. The number of aryl methyl sites for hydroxylation is 1. The third-order valence-electron chi connectivity index (χ3n) is 5.26. The number of hydrogen-bond acceptors (Lipinski definition) is 5. The minimum Gasteiger partial charge on any atom is -0.381 e. The van der Waals surface area contributed by atoms with Crippen molar-refractivity contribution in [3.8, 4) is 10.6 Å². The average Bonchev–Trinajstić information content (AvgIpc) is 3.12. The number of nitrogens with zero attached hydrogens (tertiary/aromatic N) is 1. The number of hydrogen-bond donors (Lipinski definition) is 2. The average molecular weight is 382 g/mol. The molecule has 0 atom stereocenters. The Balaban J connectivity index is 1.52. The highest BCUT2D eigenvalue weighted by atomic mass is 32.1. The molecule has 4 rings (SSSR count). The molecule has 5 nitrogen and oxygen atoms in total. The molecule has 140 valence electrons. The van der Waals surface area contributed by atoms with Crippen molar-refractivity contribution in [2.75, 3.05) is 25.1 Å². The second-order valence-electron chi connectivity index (χ2n) is 7.12. The standard InChI is InChI=1S/C21H23N3O2S/c1-14-2-7-17-18(12-14)27-19(24-17)15-3-5-16(6-4-15)23-20(25)21(13-22)8-10-26-11-9-21/h2-7,12H,8-11,13,22H2,1H3,(H,23,25). The lowest BCUT2D eigenvalue weighted by Crippen LogP contribution is -2.46. The number of anilines is 1. The van der Waals surface area contributed by atoms with Crippen LogP contribution in [0.4, 0.5) is 5.69 Å². The fourth-order valence-electron chi connectivity index (χ4n) is 3.40. The van der Waals surface area contributed by atoms with Gasteiger partial charge in [-0.1, -0.05) is 6.07 Å². The SMILES string of the molecule is Cc1ccc2nc(-c3ccc(NC(=O)C4(CN)CCOCC4)cc3)sc2c1. The number of thiazole rings is 1. The molecule has 0 spiro atoms. The molecule has 1 amide bonds. The Morgan fingerprint density at radius 2 is 1.96 bits per heavy atom. The zero-order chi connectivity index (χ0) is 18.9. The molecule has 0 bridgehead atoms. The summed E-state index contributed by atoms with van der Waals surface area (Å²) in [6.07, 6.45) is 1.33. The maximum atomic E-state index is 12.8. The number of aromatic nitrogens is 1. The monoisotopic (exact) mass is 381 g/mol. The van der Waals surface area contributed by atoms with Crippen LogP contribution in [-0.2, 0) is 9.53 Å². The summed E-state index contributed by atoms with van der Waals surface area (Å²) in [5, 5.41) is 4.01. The number of benzene rings is 2. The van der Waals surface area contributed by atoms with Gasteiger partial charge >= 0.3 is 0 Å². The quantitative estimate of drug-likeness (QED) is 0.717. The number of carbonyl (C=O) groups is 1. The van der Waals surface area contributed by atoms with Crippen LogP contribution in [0.2, 0.25) is 0 Å². The molecular weight excluding hydrogens is 358 g/mol. The van der Waals surface area contributed by atoms with Gasteiger partial charge in [-0.3, -0.25) is 4.79 Å². The van der Waals surface area contributed by atoms with E-state index in [9.17, 15) is 4.79 Å². The predicted molar refractivity (Wildman–Crippen MR) is 110 cm³/mol. The van der Waals surface area contributed by atoms with Gasteiger partial charge in [0.25, 0.3) is 0 Å². The Bertz CT molecular complexity index is 959. The number of carbonyl (C=O) groups excluding carboxylic acids is 1. The third-order valence-corrected chi connectivity index (χ3v) is 6.32. The van der Waals surface area contributed by atoms with Crippen LogP contribution in [-0.4, -0.2) is 30.6 Å². The van der Waals surface area contributed by atoms with Crippen molar-refractivity contribution in [1.82, 2.24) is 4.98 Å². The minimum absolute atomic E-state index is 0.0171. The Morgan fingerprint density at radius 1 is 1.22 bits per heavy atom. The summed E-state index contributed by atoms with van der Waals surface area (Å²) in [4.78, 5) is 17.5. The van der Waals surface area contributed by atoms with Gasteiger partial charge in [-0.25, -0.2) is 4.98 Å². The Labute approximate surface area is 162 Å². The van der Waals surface area contributed by atoms with Crippen LogP contribution in [0, 0.1) is 12.3 Å². The Hall–Kier alpha value is -2.28. The third kappa shape index (κ3) is 3.60. The van der Waals surface area contributed by atoms with Crippen molar-refractivity contribution < 1.29 is 9.53 Å². The molecule has 6 heteroatoms. The molecule has 0 unspecified atom stereocenters. The summed E-state index contributed by atoms with van der Waals surface area (Å²) in [6.45, 7) is 3.59. The highest BCUT2D eigenvalue weighted by Gasteiger charge is 2.38. The molecule has 0 radical (unpaired) electrons. The van der Waals surface area contributed by atoms with E-state index in [-0.39, 0.29) is 5.91 Å². The summed E-state index contributed by atoms with van der Waals surface area (Å²) >= 11 is 1.68. The molecule has 1 fully saturated rings. The van der Waals surface area contributed by atoms with E-state index in [1.165, 1.54) is 10.3 Å². The first-order chi connectivity index (χ1) is 13.1. The van der Waals surface area contributed by atoms with Gasteiger partial charge in [-0.2, -0.15) is 0 Å². The summed E-state index contributed by atoms with van der Waals surface area (Å²) in [7, 11) is 0. The van der Waals surface area contributed by atoms with E-state index in [1.54, 1.807) is 11.3 Å². The summed E-state index contributed by atoms with van der Waals surface area (Å²) in [6, 6.07) is 14.1. The normalized spacial score (nSPS) is 16.4. The van der Waals surface area contributed by atoms with E-state index < -0.39 is 5.41 Å². The van der Waals surface area contributed by atoms with Crippen molar-refractivity contribution >= 4 is 33.1 Å². The molecule has 0 saturated carbocycles. The summed E-state index contributed by atoms with van der Waals surface area (Å²) in [5.41, 5.74) is 9.47. The van der Waals surface area contributed by atoms with Crippen LogP contribution in [0.3, 0.4) is 0 Å². The fraction of sp³-hybridized carbons (Fsp3) is 0.333. The lowest BCUT2D eigenvalue weighted by molar-refractivity contribution is -0.130. The van der Waals surface area contributed by atoms with Gasteiger partial charge < -0.3 is 15.8 Å². The van der Waals surface area contributed by atoms with Crippen LogP contribution < -0.4 is 11.1 Å². The zero-order valence-corrected chi connectivity index (χ0v) is 16.1. The van der Waals surface area contributed by atoms with E-state index in [2.05, 4.69) is 30.4 Å². The highest BCUT2D eigenvalue weighted by Crippen LogP contribution is 2.33. The van der Waals surface area contributed by atoms with Crippen molar-refractivity contribution in [2.24, 2.45) is 11.1 Å². The van der Waals surface area contributed by atoms with Gasteiger partial charge in [-0.15, -0.1) is 11.3 Å². The molecule has 0 aliphatic carbocycles. The molecule has 2 aromatic carbocycles. The number of ether oxygens (including phenoxy) is 1. The van der Waals surface area contributed by atoms with Gasteiger partial charge in [0.2, 0.25) is 5.91 Å². The lowest BCUT2D eigenvalue weighted by Gasteiger charge is -2.34. The van der Waals surface area contributed by atoms with Crippen LogP contribution in [0.15, 0.2) is 42.5 Å². The van der Waals surface area contributed by atoms with Crippen molar-refractivity contribution in [2.45, 2.75) is 19.8 Å². The Morgan fingerprint density at radius 3 is 2.67 bits per heavy atom. The number of rotatable bonds is 4. The maximum Gasteiger partial charge on any atom is 0.232 e. The number of nitrogens with two attached hydrogens (primary N) is 1. The van der Waals surface area contributed by atoms with Crippen molar-refractivity contribution in [3.63, 3.8) is 0 Å². The van der Waals surface area contributed by atoms with E-state index in [4.69, 9.17) is 15.5 Å². The predicted octanol–water partition coefficient (Wildman–Crippen LogP) is 3.97. The molecule has 3 aromatic rings. The zero-order valence-electron chi connectivity index (χ0n) is 15.3. The molecule has 1 aromatic heterocycles. The fourth-order valence-corrected chi connectivity index (χ4v) is 4.47. The number of fused-ring (bicyclic) bond motifs is 1. The summed E-state index contributed by atoms with van der Waals surface area (Å²) in [5.74, 6) is -0.0171. The van der Waals surface area contributed by atoms with E-state index >= 15 is 0 Å². The van der Waals surface area contributed by atoms with E-state index in [1.807, 2.05) is 24.3 Å². The summed E-state index contributed by atoms with van der Waals surface area (Å²) < 4.78 is 6.57. The van der Waals surface area contributed by atoms with Gasteiger partial charge in [0.05, 0.1) is 15.6 Å². The molecule has 1 aliphatic heterocycles. The van der Waals surface area contributed by atoms with Crippen molar-refractivity contribution in [3.05, 3.63) is 48.0 Å². The Kier molecular flexibility index (Phi) is 4.95. The topological polar surface area (TPSA) is 77.2 Å². The molecule has 1 saturated heterocycles. The molecule has 2 heterocycles. The second kappa shape index (κ2) is 7.38. The smallest absolute Gasteiger partial charge is 0.232 e. The molecule has 1 aliphatic rings. The van der Waals surface area contributed by atoms with E-state index in [0.29, 0.717) is 32.6 Å².